The molecule has 1 saturated heterocycles. The quantitative estimate of drug-likeness (QED) is 0.901. The van der Waals surface area contributed by atoms with Crippen LogP contribution in [0.2, 0.25) is 0 Å². The standard InChI is InChI=1S/C15H17N3O3/c1-19-10-5-11(16-6-10)15-17-7-12(18-15)9-2-3-13-14(4-9)21-8-20-13/h2-4,7,10-11,16H,5-6,8H2,1H3,(H,17,18). The average molecular weight is 287 g/mol. The summed E-state index contributed by atoms with van der Waals surface area (Å²) in [5.74, 6) is 2.52. The smallest absolute Gasteiger partial charge is 0.231 e. The molecule has 4 rings (SSSR count). The van der Waals surface area contributed by atoms with E-state index in [1.165, 1.54) is 0 Å². The van der Waals surface area contributed by atoms with E-state index in [1.54, 1.807) is 7.11 Å². The van der Waals surface area contributed by atoms with E-state index in [2.05, 4.69) is 15.3 Å². The maximum atomic E-state index is 5.41. The Labute approximate surface area is 122 Å². The van der Waals surface area contributed by atoms with Crippen LogP contribution in [-0.2, 0) is 4.74 Å². The third-order valence-electron chi connectivity index (χ3n) is 4.03. The predicted octanol–water partition coefficient (Wildman–Crippen LogP) is 1.85. The first-order chi connectivity index (χ1) is 10.3. The molecule has 0 amide bonds. The molecule has 1 aromatic carbocycles. The van der Waals surface area contributed by atoms with Crippen LogP contribution in [0.4, 0.5) is 0 Å². The first kappa shape index (κ1) is 12.7. The molecule has 110 valence electrons. The predicted molar refractivity (Wildman–Crippen MR) is 76.3 cm³/mol. The summed E-state index contributed by atoms with van der Waals surface area (Å²) < 4.78 is 16.1. The maximum Gasteiger partial charge on any atom is 0.231 e. The number of methoxy groups -OCH3 is 1. The van der Waals surface area contributed by atoms with Crippen LogP contribution in [0.5, 0.6) is 11.5 Å². The summed E-state index contributed by atoms with van der Waals surface area (Å²) in [6.07, 6.45) is 3.05. The van der Waals surface area contributed by atoms with E-state index in [0.717, 1.165) is 41.5 Å². The molecule has 0 saturated carbocycles. The lowest BCUT2D eigenvalue weighted by molar-refractivity contribution is 0.117. The Morgan fingerprint density at radius 3 is 3.05 bits per heavy atom. The highest BCUT2D eigenvalue weighted by Crippen LogP contribution is 2.35. The number of ether oxygens (including phenoxy) is 3. The first-order valence-corrected chi connectivity index (χ1v) is 7.04. The van der Waals surface area contributed by atoms with Gasteiger partial charge in [-0.2, -0.15) is 0 Å². The second-order valence-electron chi connectivity index (χ2n) is 5.30. The van der Waals surface area contributed by atoms with Crippen molar-refractivity contribution in [1.82, 2.24) is 15.3 Å². The second-order valence-corrected chi connectivity index (χ2v) is 5.30. The highest BCUT2D eigenvalue weighted by molar-refractivity contribution is 5.64. The normalized spacial score (nSPS) is 23.7. The molecule has 2 aromatic rings. The fourth-order valence-corrected chi connectivity index (χ4v) is 2.82. The van der Waals surface area contributed by atoms with Crippen molar-refractivity contribution in [2.45, 2.75) is 18.6 Å². The number of fused-ring (bicyclic) bond motifs is 1. The number of aromatic amines is 1. The van der Waals surface area contributed by atoms with Crippen LogP contribution in [0.15, 0.2) is 24.4 Å². The first-order valence-electron chi connectivity index (χ1n) is 7.04. The Bertz CT molecular complexity index is 655. The monoisotopic (exact) mass is 287 g/mol. The number of nitrogens with zero attached hydrogens (tertiary/aromatic N) is 1. The van der Waals surface area contributed by atoms with Gasteiger partial charge < -0.3 is 24.5 Å². The van der Waals surface area contributed by atoms with E-state index >= 15 is 0 Å². The fraction of sp³-hybridized carbons (Fsp3) is 0.400. The van der Waals surface area contributed by atoms with Gasteiger partial charge in [0.1, 0.15) is 5.82 Å². The molecule has 6 heteroatoms. The van der Waals surface area contributed by atoms with Crippen LogP contribution >= 0.6 is 0 Å². The molecule has 0 bridgehead atoms. The Kier molecular flexibility index (Phi) is 3.05. The highest BCUT2D eigenvalue weighted by Gasteiger charge is 2.27. The van der Waals surface area contributed by atoms with Crippen molar-refractivity contribution in [3.63, 3.8) is 0 Å². The zero-order chi connectivity index (χ0) is 14.2. The summed E-state index contributed by atoms with van der Waals surface area (Å²) >= 11 is 0. The van der Waals surface area contributed by atoms with E-state index < -0.39 is 0 Å². The topological polar surface area (TPSA) is 68.4 Å². The van der Waals surface area contributed by atoms with E-state index in [4.69, 9.17) is 14.2 Å². The zero-order valence-electron chi connectivity index (χ0n) is 11.8. The number of hydrogen-bond donors (Lipinski definition) is 2. The van der Waals surface area contributed by atoms with Crippen molar-refractivity contribution in [1.29, 1.82) is 0 Å². The van der Waals surface area contributed by atoms with Gasteiger partial charge in [-0.05, 0) is 24.6 Å². The van der Waals surface area contributed by atoms with Crippen molar-refractivity contribution >= 4 is 0 Å². The average Bonchev–Trinajstić information content (AvgIpc) is 3.24. The minimum atomic E-state index is 0.220. The molecule has 1 aromatic heterocycles. The summed E-state index contributed by atoms with van der Waals surface area (Å²) in [4.78, 5) is 7.87. The van der Waals surface area contributed by atoms with Crippen molar-refractivity contribution < 1.29 is 14.2 Å². The van der Waals surface area contributed by atoms with Gasteiger partial charge in [0.05, 0.1) is 24.0 Å². The van der Waals surface area contributed by atoms with Gasteiger partial charge in [0.2, 0.25) is 6.79 Å². The van der Waals surface area contributed by atoms with Gasteiger partial charge in [0.25, 0.3) is 0 Å². The molecule has 0 spiro atoms. The molecule has 2 N–H and O–H groups in total. The molecule has 2 aliphatic rings. The molecular weight excluding hydrogens is 270 g/mol. The van der Waals surface area contributed by atoms with Crippen LogP contribution in [0.3, 0.4) is 0 Å². The molecule has 2 atom stereocenters. The Balaban J connectivity index is 1.57. The maximum absolute atomic E-state index is 5.41. The Morgan fingerprint density at radius 2 is 2.19 bits per heavy atom. The van der Waals surface area contributed by atoms with Crippen molar-refractivity contribution in [3.8, 4) is 22.8 Å². The van der Waals surface area contributed by atoms with Gasteiger partial charge in [-0.25, -0.2) is 4.98 Å². The largest absolute Gasteiger partial charge is 0.454 e. The van der Waals surface area contributed by atoms with E-state index in [-0.39, 0.29) is 18.9 Å². The van der Waals surface area contributed by atoms with Crippen LogP contribution in [0.1, 0.15) is 18.3 Å². The molecule has 21 heavy (non-hydrogen) atoms. The summed E-state index contributed by atoms with van der Waals surface area (Å²) in [7, 11) is 1.74. The number of H-pyrrole nitrogens is 1. The summed E-state index contributed by atoms with van der Waals surface area (Å²) in [6, 6.07) is 6.12. The van der Waals surface area contributed by atoms with Crippen LogP contribution in [-0.4, -0.2) is 36.5 Å². The third kappa shape index (κ3) is 2.26. The van der Waals surface area contributed by atoms with Crippen LogP contribution < -0.4 is 14.8 Å². The van der Waals surface area contributed by atoms with Gasteiger partial charge in [0, 0.05) is 19.2 Å². The van der Waals surface area contributed by atoms with Gasteiger partial charge in [-0.15, -0.1) is 0 Å². The van der Waals surface area contributed by atoms with Gasteiger partial charge in [0.15, 0.2) is 11.5 Å². The molecule has 0 radical (unpaired) electrons. The van der Waals surface area contributed by atoms with Crippen LogP contribution in [0, 0.1) is 0 Å². The molecule has 3 heterocycles. The number of benzene rings is 1. The Morgan fingerprint density at radius 1 is 1.29 bits per heavy atom. The molecule has 6 nitrogen and oxygen atoms in total. The molecule has 2 unspecified atom stereocenters. The summed E-state index contributed by atoms with van der Waals surface area (Å²) in [5.41, 5.74) is 2.02. The molecular formula is C15H17N3O3. The molecule has 2 aliphatic heterocycles. The lowest BCUT2D eigenvalue weighted by atomic mass is 10.1. The second kappa shape index (κ2) is 5.05. The van der Waals surface area contributed by atoms with Crippen molar-refractivity contribution in [2.75, 3.05) is 20.4 Å². The van der Waals surface area contributed by atoms with Crippen molar-refractivity contribution in [2.24, 2.45) is 0 Å². The van der Waals surface area contributed by atoms with E-state index in [1.807, 2.05) is 24.4 Å². The van der Waals surface area contributed by atoms with Gasteiger partial charge in [-0.1, -0.05) is 0 Å². The number of rotatable bonds is 3. The minimum absolute atomic E-state index is 0.220. The number of nitrogens with one attached hydrogen (secondary N) is 2. The van der Waals surface area contributed by atoms with E-state index in [9.17, 15) is 0 Å². The molecule has 0 aliphatic carbocycles. The Hall–Kier alpha value is -2.05. The summed E-state index contributed by atoms with van der Waals surface area (Å²) in [5, 5.41) is 3.42. The number of imidazole rings is 1. The highest BCUT2D eigenvalue weighted by atomic mass is 16.7. The lowest BCUT2D eigenvalue weighted by Crippen LogP contribution is -2.16. The van der Waals surface area contributed by atoms with Gasteiger partial charge >= 0.3 is 0 Å². The minimum Gasteiger partial charge on any atom is -0.454 e. The molecule has 1 fully saturated rings. The van der Waals surface area contributed by atoms with E-state index in [0.29, 0.717) is 0 Å². The van der Waals surface area contributed by atoms with Crippen LogP contribution in [0.25, 0.3) is 11.3 Å². The van der Waals surface area contributed by atoms with Gasteiger partial charge in [-0.3, -0.25) is 0 Å². The number of aromatic nitrogens is 2. The number of hydrogen-bond acceptors (Lipinski definition) is 5. The SMILES string of the molecule is COC1CNC(c2ncc(-c3ccc4c(c3)OCO4)[nH]2)C1. The summed E-state index contributed by atoms with van der Waals surface area (Å²) in [6.45, 7) is 1.15. The third-order valence-corrected chi connectivity index (χ3v) is 4.03. The lowest BCUT2D eigenvalue weighted by Gasteiger charge is -2.06. The zero-order valence-corrected chi connectivity index (χ0v) is 11.8. The van der Waals surface area contributed by atoms with Crippen molar-refractivity contribution in [3.05, 3.63) is 30.2 Å². The fourth-order valence-electron chi connectivity index (χ4n) is 2.82.